The van der Waals surface area contributed by atoms with Crippen molar-refractivity contribution in [2.45, 2.75) is 25.8 Å². The Morgan fingerprint density at radius 3 is 2.57 bits per heavy atom. The van der Waals surface area contributed by atoms with Gasteiger partial charge in [0, 0.05) is 69.7 Å². The number of piperazine rings is 1. The van der Waals surface area contributed by atoms with Gasteiger partial charge < -0.3 is 29.9 Å². The number of amides is 3. The predicted octanol–water partition coefficient (Wildman–Crippen LogP) is 2.82. The van der Waals surface area contributed by atoms with Gasteiger partial charge in [-0.15, -0.1) is 0 Å². The fourth-order valence-electron chi connectivity index (χ4n) is 5.19. The summed E-state index contributed by atoms with van der Waals surface area (Å²) in [5, 5.41) is 2.94. The van der Waals surface area contributed by atoms with Gasteiger partial charge in [0.15, 0.2) is 0 Å². The average molecular weight is 509 g/mol. The monoisotopic (exact) mass is 508 g/mol. The minimum absolute atomic E-state index is 0.0150. The number of likely N-dealkylation sites (tertiary alicyclic amines) is 1. The molecule has 3 aliphatic heterocycles. The smallest absolute Gasteiger partial charge is 0.320 e. The highest BCUT2D eigenvalue weighted by Crippen LogP contribution is 2.35. The van der Waals surface area contributed by atoms with Crippen LogP contribution in [0.5, 0.6) is 0 Å². The molecular formula is C27H33FN6O3. The molecule has 0 radical (unpaired) electrons. The highest BCUT2D eigenvalue weighted by molar-refractivity contribution is 6.06. The van der Waals surface area contributed by atoms with Crippen LogP contribution in [0.2, 0.25) is 0 Å². The Balaban J connectivity index is 1.44. The summed E-state index contributed by atoms with van der Waals surface area (Å²) >= 11 is 0. The van der Waals surface area contributed by atoms with E-state index in [0.29, 0.717) is 48.7 Å². The van der Waals surface area contributed by atoms with Crippen molar-refractivity contribution in [1.29, 1.82) is 0 Å². The molecule has 5 rings (SSSR count). The molecule has 1 aromatic carbocycles. The zero-order chi connectivity index (χ0) is 26.1. The van der Waals surface area contributed by atoms with Gasteiger partial charge in [0.25, 0.3) is 5.91 Å². The molecule has 4 heterocycles. The molecule has 1 aromatic heterocycles. The van der Waals surface area contributed by atoms with Crippen molar-refractivity contribution in [2.75, 3.05) is 63.1 Å². The number of hydrogen-bond acceptors (Lipinski definition) is 5. The fourth-order valence-corrected chi connectivity index (χ4v) is 5.19. The lowest BCUT2D eigenvalue weighted by Crippen LogP contribution is -2.50. The van der Waals surface area contributed by atoms with Gasteiger partial charge in [-0.25, -0.2) is 9.18 Å². The van der Waals surface area contributed by atoms with E-state index in [2.05, 4.69) is 34.1 Å². The fraction of sp³-hybridized carbons (Fsp3) is 0.444. The number of nitrogens with one attached hydrogen (secondary N) is 2. The number of anilines is 2. The molecule has 2 fully saturated rings. The number of aromatic nitrogens is 1. The predicted molar refractivity (Wildman–Crippen MR) is 141 cm³/mol. The van der Waals surface area contributed by atoms with Crippen molar-refractivity contribution >= 4 is 28.9 Å². The van der Waals surface area contributed by atoms with E-state index in [1.54, 1.807) is 11.0 Å². The lowest BCUT2D eigenvalue weighted by molar-refractivity contribution is 0.102. The molecular weight excluding hydrogens is 475 g/mol. The number of likely N-dealkylation sites (N-methyl/N-ethyl adjacent to an activating group) is 1. The third-order valence-electron chi connectivity index (χ3n) is 7.59. The molecule has 37 heavy (non-hydrogen) atoms. The summed E-state index contributed by atoms with van der Waals surface area (Å²) in [5.41, 5.74) is 2.21. The van der Waals surface area contributed by atoms with E-state index < -0.39 is 5.91 Å². The summed E-state index contributed by atoms with van der Waals surface area (Å²) in [4.78, 5) is 47.8. The van der Waals surface area contributed by atoms with E-state index in [1.165, 1.54) is 24.4 Å². The first-order valence-electron chi connectivity index (χ1n) is 12.8. The molecule has 2 saturated heterocycles. The second kappa shape index (κ2) is 10.4. The number of nitrogens with zero attached hydrogens (tertiary/aromatic N) is 4. The summed E-state index contributed by atoms with van der Waals surface area (Å²) < 4.78 is 15.6. The maximum Gasteiger partial charge on any atom is 0.320 e. The Morgan fingerprint density at radius 1 is 1.08 bits per heavy atom. The molecule has 2 aromatic rings. The van der Waals surface area contributed by atoms with Crippen LogP contribution in [0.1, 0.15) is 35.7 Å². The Bertz CT molecular complexity index is 1260. The van der Waals surface area contributed by atoms with Crippen molar-refractivity contribution in [3.63, 3.8) is 0 Å². The van der Waals surface area contributed by atoms with Crippen molar-refractivity contribution < 1.29 is 14.0 Å². The first-order valence-corrected chi connectivity index (χ1v) is 12.8. The number of H-pyrrole nitrogens is 1. The summed E-state index contributed by atoms with van der Waals surface area (Å²) in [5.74, 6) is -0.784. The van der Waals surface area contributed by atoms with Gasteiger partial charge >= 0.3 is 6.03 Å². The molecule has 2 N–H and O–H groups in total. The Kier molecular flexibility index (Phi) is 7.01. The number of hydrogen-bond donors (Lipinski definition) is 2. The number of halogens is 1. The molecule has 1 unspecified atom stereocenters. The minimum Gasteiger partial charge on any atom is -0.367 e. The summed E-state index contributed by atoms with van der Waals surface area (Å²) in [6.45, 7) is 6.60. The third kappa shape index (κ3) is 5.24. The van der Waals surface area contributed by atoms with E-state index >= 15 is 4.39 Å². The zero-order valence-corrected chi connectivity index (χ0v) is 21.3. The molecule has 3 aliphatic rings. The lowest BCUT2D eigenvalue weighted by atomic mass is 10.0. The number of rotatable bonds is 4. The van der Waals surface area contributed by atoms with Crippen LogP contribution in [-0.4, -0.2) is 90.5 Å². The van der Waals surface area contributed by atoms with Crippen LogP contribution in [0.4, 0.5) is 20.6 Å². The van der Waals surface area contributed by atoms with Gasteiger partial charge in [0.2, 0.25) is 5.56 Å². The number of urea groups is 1. The first kappa shape index (κ1) is 25.0. The molecule has 196 valence electrons. The van der Waals surface area contributed by atoms with E-state index in [9.17, 15) is 14.4 Å². The van der Waals surface area contributed by atoms with Crippen LogP contribution in [0, 0.1) is 5.82 Å². The van der Waals surface area contributed by atoms with Crippen LogP contribution in [0.15, 0.2) is 41.3 Å². The van der Waals surface area contributed by atoms with Gasteiger partial charge in [-0.1, -0.05) is 6.08 Å². The molecule has 10 heteroatoms. The highest BCUT2D eigenvalue weighted by atomic mass is 19.1. The Labute approximate surface area is 215 Å². The summed E-state index contributed by atoms with van der Waals surface area (Å²) in [6.07, 6.45) is 5.27. The average Bonchev–Trinajstić information content (AvgIpc) is 3.59. The highest BCUT2D eigenvalue weighted by Gasteiger charge is 2.29. The second-order valence-electron chi connectivity index (χ2n) is 10.1. The molecule has 0 saturated carbocycles. The van der Waals surface area contributed by atoms with E-state index in [0.717, 1.165) is 38.0 Å². The van der Waals surface area contributed by atoms with Crippen LogP contribution >= 0.6 is 0 Å². The topological polar surface area (TPSA) is 92.0 Å². The third-order valence-corrected chi connectivity index (χ3v) is 7.59. The standard InChI is InChI=1S/C27H33FN6O3/c1-18-16-33(12-11-31(18)2)24-14-22(28)21(13-23(24)30-26(36)19-5-6-25(35)29-15-19)20-7-10-34(17-20)27(37)32-8-3-4-9-32/h5-7,13-15,18H,3-4,8-12,16-17H2,1-2H3,(H,29,35)(H,30,36). The zero-order valence-electron chi connectivity index (χ0n) is 21.3. The number of aromatic amines is 1. The summed E-state index contributed by atoms with van der Waals surface area (Å²) in [6, 6.07) is 6.16. The van der Waals surface area contributed by atoms with Crippen molar-refractivity contribution in [2.24, 2.45) is 0 Å². The molecule has 9 nitrogen and oxygen atoms in total. The SMILES string of the molecule is CC1CN(c2cc(F)c(C3=CCN(C(=O)N4CCCC4)C3)cc2NC(=O)c2ccc(=O)[nH]c2)CCN1C. The maximum absolute atomic E-state index is 15.6. The van der Waals surface area contributed by atoms with Gasteiger partial charge in [0.1, 0.15) is 5.82 Å². The first-order chi connectivity index (χ1) is 17.8. The molecule has 3 amide bonds. The summed E-state index contributed by atoms with van der Waals surface area (Å²) in [7, 11) is 2.06. The van der Waals surface area contributed by atoms with E-state index in [1.807, 2.05) is 11.0 Å². The number of carbonyl (C=O) groups excluding carboxylic acids is 2. The lowest BCUT2D eigenvalue weighted by Gasteiger charge is -2.39. The normalized spacial score (nSPS) is 20.4. The quantitative estimate of drug-likeness (QED) is 0.663. The number of carbonyl (C=O) groups is 2. The van der Waals surface area contributed by atoms with Crippen molar-refractivity contribution in [3.05, 3.63) is 63.8 Å². The molecule has 1 atom stereocenters. The van der Waals surface area contributed by atoms with Crippen LogP contribution in [0.3, 0.4) is 0 Å². The number of benzene rings is 1. The largest absolute Gasteiger partial charge is 0.367 e. The van der Waals surface area contributed by atoms with Crippen LogP contribution in [-0.2, 0) is 0 Å². The van der Waals surface area contributed by atoms with Gasteiger partial charge in [-0.2, -0.15) is 0 Å². The van der Waals surface area contributed by atoms with Crippen LogP contribution < -0.4 is 15.8 Å². The van der Waals surface area contributed by atoms with Gasteiger partial charge in [0.05, 0.1) is 16.9 Å². The maximum atomic E-state index is 15.6. The molecule has 0 bridgehead atoms. The second-order valence-corrected chi connectivity index (χ2v) is 10.1. The van der Waals surface area contributed by atoms with E-state index in [4.69, 9.17) is 0 Å². The number of pyridine rings is 1. The Morgan fingerprint density at radius 2 is 1.86 bits per heavy atom. The van der Waals surface area contributed by atoms with Crippen molar-refractivity contribution in [3.8, 4) is 0 Å². The molecule has 0 aliphatic carbocycles. The van der Waals surface area contributed by atoms with Crippen LogP contribution in [0.25, 0.3) is 5.57 Å². The Hall–Kier alpha value is -3.66. The van der Waals surface area contributed by atoms with Gasteiger partial charge in [-0.3, -0.25) is 9.59 Å². The van der Waals surface area contributed by atoms with Gasteiger partial charge in [-0.05, 0) is 50.6 Å². The van der Waals surface area contributed by atoms with Crippen molar-refractivity contribution in [1.82, 2.24) is 19.7 Å². The van der Waals surface area contributed by atoms with E-state index in [-0.39, 0.29) is 23.4 Å². The minimum atomic E-state index is -0.400. The molecule has 0 spiro atoms.